The second kappa shape index (κ2) is 13.8. The van der Waals surface area contributed by atoms with Gasteiger partial charge in [0.1, 0.15) is 5.76 Å². The first kappa shape index (κ1) is 22.7. The van der Waals surface area contributed by atoms with Crippen molar-refractivity contribution in [2.45, 2.75) is 19.4 Å². The van der Waals surface area contributed by atoms with Crippen molar-refractivity contribution < 1.29 is 18.7 Å². The molecule has 1 aromatic heterocycles. The fraction of sp³-hybridized carbons (Fsp3) is 0.647. The highest BCUT2D eigenvalue weighted by atomic mass is 127. The summed E-state index contributed by atoms with van der Waals surface area (Å²) in [5, 5.41) is 8.90. The van der Waals surface area contributed by atoms with Crippen LogP contribution in [-0.2, 0) is 20.8 Å². The summed E-state index contributed by atoms with van der Waals surface area (Å²) in [6.07, 6.45) is 3.55. The largest absolute Gasteiger partial charge is 0.467 e. The van der Waals surface area contributed by atoms with Crippen LogP contribution in [0.2, 0.25) is 0 Å². The van der Waals surface area contributed by atoms with Crippen LogP contribution in [0.15, 0.2) is 27.8 Å². The lowest BCUT2D eigenvalue weighted by molar-refractivity contribution is -0.120. The number of halogens is 1. The van der Waals surface area contributed by atoms with Gasteiger partial charge in [-0.2, -0.15) is 0 Å². The first-order valence-electron chi connectivity index (χ1n) is 8.67. The first-order chi connectivity index (χ1) is 12.3. The minimum Gasteiger partial charge on any atom is -0.467 e. The van der Waals surface area contributed by atoms with E-state index in [4.69, 9.17) is 13.9 Å². The molecular formula is C17H29IN4O4. The maximum absolute atomic E-state index is 11.8. The lowest BCUT2D eigenvalue weighted by atomic mass is 10.1. The van der Waals surface area contributed by atoms with Crippen LogP contribution in [0.1, 0.15) is 18.6 Å². The zero-order chi connectivity index (χ0) is 17.7. The molecule has 1 unspecified atom stereocenters. The maximum atomic E-state index is 11.8. The van der Waals surface area contributed by atoms with Gasteiger partial charge in [0, 0.05) is 32.7 Å². The van der Waals surface area contributed by atoms with Crippen molar-refractivity contribution in [2.24, 2.45) is 10.9 Å². The number of nitrogens with one attached hydrogen (secondary N) is 3. The molecule has 1 atom stereocenters. The summed E-state index contributed by atoms with van der Waals surface area (Å²) in [6.45, 7) is 4.40. The third kappa shape index (κ3) is 9.39. The summed E-state index contributed by atoms with van der Waals surface area (Å²) in [7, 11) is 1.67. The molecule has 8 nitrogen and oxygen atoms in total. The van der Waals surface area contributed by atoms with Gasteiger partial charge < -0.3 is 29.8 Å². The molecule has 0 saturated carbocycles. The molecule has 1 aromatic rings. The van der Waals surface area contributed by atoms with Crippen LogP contribution in [0.3, 0.4) is 0 Å². The summed E-state index contributed by atoms with van der Waals surface area (Å²) in [5.41, 5.74) is 0. The number of hydrogen-bond acceptors (Lipinski definition) is 5. The van der Waals surface area contributed by atoms with E-state index >= 15 is 0 Å². The van der Waals surface area contributed by atoms with Crippen molar-refractivity contribution in [1.82, 2.24) is 16.0 Å². The summed E-state index contributed by atoms with van der Waals surface area (Å²) in [5.74, 6) is 1.74. The average Bonchev–Trinajstić information content (AvgIpc) is 3.32. The highest BCUT2D eigenvalue weighted by Gasteiger charge is 2.15. The number of aliphatic imine (C=N–C) groups is 1. The topological polar surface area (TPSA) is 97.1 Å². The van der Waals surface area contributed by atoms with Gasteiger partial charge in [0.15, 0.2) is 5.96 Å². The molecule has 1 saturated heterocycles. The van der Waals surface area contributed by atoms with E-state index in [0.29, 0.717) is 25.0 Å². The fourth-order valence-corrected chi connectivity index (χ4v) is 2.39. The molecule has 26 heavy (non-hydrogen) atoms. The van der Waals surface area contributed by atoms with Crippen molar-refractivity contribution in [3.63, 3.8) is 0 Å². The molecule has 1 fully saturated rings. The molecule has 1 aliphatic heterocycles. The minimum absolute atomic E-state index is 0. The predicted molar refractivity (Wildman–Crippen MR) is 110 cm³/mol. The lowest BCUT2D eigenvalue weighted by Crippen LogP contribution is -2.43. The highest BCUT2D eigenvalue weighted by Crippen LogP contribution is 2.12. The number of ether oxygens (including phenoxy) is 2. The molecule has 2 heterocycles. The third-order valence-corrected chi connectivity index (χ3v) is 3.82. The van der Waals surface area contributed by atoms with Crippen LogP contribution in [0.5, 0.6) is 0 Å². The van der Waals surface area contributed by atoms with E-state index in [9.17, 15) is 4.79 Å². The molecule has 0 bridgehead atoms. The first-order valence-corrected chi connectivity index (χ1v) is 8.67. The number of nitrogens with zero attached hydrogens (tertiary/aromatic N) is 1. The van der Waals surface area contributed by atoms with Crippen LogP contribution >= 0.6 is 24.0 Å². The standard InChI is InChI=1S/C17H28N4O4.HI/c1-18-17(19-6-3-7-23-12-14-5-9-24-13-14)21-11-16(22)20-10-15-4-2-8-25-15;/h2,4,8,14H,3,5-7,9-13H2,1H3,(H,20,22)(H2,18,19,21);1H. The monoisotopic (exact) mass is 480 g/mol. The number of amides is 1. The van der Waals surface area contributed by atoms with Gasteiger partial charge >= 0.3 is 0 Å². The Morgan fingerprint density at radius 3 is 2.96 bits per heavy atom. The van der Waals surface area contributed by atoms with Crippen LogP contribution in [0, 0.1) is 5.92 Å². The third-order valence-electron chi connectivity index (χ3n) is 3.82. The number of carbonyl (C=O) groups excluding carboxylic acids is 1. The summed E-state index contributed by atoms with van der Waals surface area (Å²) >= 11 is 0. The van der Waals surface area contributed by atoms with Gasteiger partial charge in [-0.3, -0.25) is 9.79 Å². The number of guanidine groups is 1. The molecule has 0 radical (unpaired) electrons. The fourth-order valence-electron chi connectivity index (χ4n) is 2.39. The van der Waals surface area contributed by atoms with Gasteiger partial charge in [-0.05, 0) is 25.0 Å². The lowest BCUT2D eigenvalue weighted by Gasteiger charge is -2.12. The highest BCUT2D eigenvalue weighted by molar-refractivity contribution is 14.0. The van der Waals surface area contributed by atoms with Gasteiger partial charge in [-0.25, -0.2) is 0 Å². The zero-order valence-electron chi connectivity index (χ0n) is 15.2. The van der Waals surface area contributed by atoms with Crippen molar-refractivity contribution in [1.29, 1.82) is 0 Å². The average molecular weight is 480 g/mol. The van der Waals surface area contributed by atoms with Crippen molar-refractivity contribution in [3.05, 3.63) is 24.2 Å². The predicted octanol–water partition coefficient (Wildman–Crippen LogP) is 1.12. The Hall–Kier alpha value is -1.33. The molecule has 1 aliphatic rings. The normalized spacial score (nSPS) is 16.8. The van der Waals surface area contributed by atoms with E-state index in [1.807, 2.05) is 6.07 Å². The van der Waals surface area contributed by atoms with Crippen LogP contribution in [-0.4, -0.2) is 58.4 Å². The molecule has 0 aliphatic carbocycles. The van der Waals surface area contributed by atoms with Crippen molar-refractivity contribution in [2.75, 3.05) is 46.6 Å². The molecule has 3 N–H and O–H groups in total. The Kier molecular flexibility index (Phi) is 12.1. The van der Waals surface area contributed by atoms with Crippen LogP contribution in [0.4, 0.5) is 0 Å². The molecule has 2 rings (SSSR count). The molecule has 1 amide bonds. The van der Waals surface area contributed by atoms with Crippen LogP contribution < -0.4 is 16.0 Å². The van der Waals surface area contributed by atoms with E-state index in [-0.39, 0.29) is 36.4 Å². The Morgan fingerprint density at radius 2 is 2.27 bits per heavy atom. The summed E-state index contributed by atoms with van der Waals surface area (Å²) < 4.78 is 16.1. The summed E-state index contributed by atoms with van der Waals surface area (Å²) in [4.78, 5) is 15.9. The molecular weight excluding hydrogens is 451 g/mol. The second-order valence-electron chi connectivity index (χ2n) is 5.87. The van der Waals surface area contributed by atoms with E-state index in [2.05, 4.69) is 20.9 Å². The van der Waals surface area contributed by atoms with E-state index in [0.717, 1.165) is 45.0 Å². The Morgan fingerprint density at radius 1 is 1.38 bits per heavy atom. The van der Waals surface area contributed by atoms with Crippen LogP contribution in [0.25, 0.3) is 0 Å². The Labute approximate surface area is 171 Å². The van der Waals surface area contributed by atoms with E-state index in [1.165, 1.54) is 0 Å². The van der Waals surface area contributed by atoms with Gasteiger partial charge in [0.25, 0.3) is 0 Å². The molecule has 0 spiro atoms. The number of furan rings is 1. The second-order valence-corrected chi connectivity index (χ2v) is 5.87. The minimum atomic E-state index is -0.124. The SMILES string of the molecule is CN=C(NCCCOCC1CCOC1)NCC(=O)NCc1ccco1.I. The Balaban J connectivity index is 0.00000338. The number of hydrogen-bond donors (Lipinski definition) is 3. The molecule has 0 aromatic carbocycles. The van der Waals surface area contributed by atoms with Crippen molar-refractivity contribution in [3.8, 4) is 0 Å². The van der Waals surface area contributed by atoms with E-state index < -0.39 is 0 Å². The summed E-state index contributed by atoms with van der Waals surface area (Å²) in [6, 6.07) is 3.60. The smallest absolute Gasteiger partial charge is 0.239 e. The number of carbonyl (C=O) groups is 1. The van der Waals surface area contributed by atoms with E-state index in [1.54, 1.807) is 19.4 Å². The maximum Gasteiger partial charge on any atom is 0.239 e. The van der Waals surface area contributed by atoms with Gasteiger partial charge in [0.2, 0.25) is 5.91 Å². The van der Waals surface area contributed by atoms with Gasteiger partial charge in [-0.15, -0.1) is 24.0 Å². The van der Waals surface area contributed by atoms with Gasteiger partial charge in [-0.1, -0.05) is 0 Å². The zero-order valence-corrected chi connectivity index (χ0v) is 17.5. The molecule has 148 valence electrons. The molecule has 9 heteroatoms. The quantitative estimate of drug-likeness (QED) is 0.201. The van der Waals surface area contributed by atoms with Gasteiger partial charge in [0.05, 0.1) is 32.6 Å². The Bertz CT molecular complexity index is 519. The van der Waals surface area contributed by atoms with Crippen molar-refractivity contribution >= 4 is 35.8 Å². The number of rotatable bonds is 10.